The smallest absolute Gasteiger partial charge is 0.0545 e. The molecule has 3 heteroatoms. The van der Waals surface area contributed by atoms with Gasteiger partial charge in [0.1, 0.15) is 0 Å². The number of fused-ring (bicyclic) bond motifs is 2. The summed E-state index contributed by atoms with van der Waals surface area (Å²) in [6.45, 7) is 4.33. The minimum Gasteiger partial charge on any atom is -0.380 e. The lowest BCUT2D eigenvalue weighted by atomic mass is 9.71. The molecule has 3 fully saturated rings. The van der Waals surface area contributed by atoms with Crippen molar-refractivity contribution >= 4 is 0 Å². The summed E-state index contributed by atoms with van der Waals surface area (Å²) in [6.07, 6.45) is 2.63. The van der Waals surface area contributed by atoms with Gasteiger partial charge in [-0.15, -0.1) is 0 Å². The van der Waals surface area contributed by atoms with Crippen LogP contribution in [0.4, 0.5) is 0 Å². The lowest BCUT2D eigenvalue weighted by Crippen LogP contribution is -2.65. The highest BCUT2D eigenvalue weighted by molar-refractivity contribution is 5.01. The summed E-state index contributed by atoms with van der Waals surface area (Å²) >= 11 is 0. The minimum absolute atomic E-state index is 0.572. The van der Waals surface area contributed by atoms with Crippen molar-refractivity contribution in [2.24, 2.45) is 5.41 Å². The summed E-state index contributed by atoms with van der Waals surface area (Å²) in [6, 6.07) is 1.42. The van der Waals surface area contributed by atoms with Crippen LogP contribution in [-0.4, -0.2) is 38.4 Å². The molecule has 68 valence electrons. The number of hydrogen-bond donors (Lipinski definition) is 2. The quantitative estimate of drug-likeness (QED) is 0.522. The molecule has 2 unspecified atom stereocenters. The Morgan fingerprint density at radius 1 is 1.08 bits per heavy atom. The Bertz CT molecular complexity index is 177. The van der Waals surface area contributed by atoms with Crippen LogP contribution in [0.25, 0.3) is 0 Å². The van der Waals surface area contributed by atoms with E-state index in [4.69, 9.17) is 4.74 Å². The van der Waals surface area contributed by atoms with Gasteiger partial charge in [-0.05, 0) is 12.8 Å². The molecule has 2 atom stereocenters. The molecular weight excluding hydrogens is 152 g/mol. The van der Waals surface area contributed by atoms with Crippen molar-refractivity contribution in [2.45, 2.75) is 24.9 Å². The normalized spacial score (nSPS) is 44.0. The molecule has 0 aromatic heterocycles. The average molecular weight is 168 g/mol. The van der Waals surface area contributed by atoms with E-state index in [9.17, 15) is 0 Å². The predicted octanol–water partition coefficient (Wildman–Crippen LogP) is -0.273. The fraction of sp³-hybridized carbons (Fsp3) is 1.00. The van der Waals surface area contributed by atoms with Crippen molar-refractivity contribution in [3.63, 3.8) is 0 Å². The molecule has 0 amide bonds. The molecule has 0 saturated carbocycles. The first-order valence-electron chi connectivity index (χ1n) is 4.91. The summed E-state index contributed by atoms with van der Waals surface area (Å²) in [7, 11) is 0. The molecule has 3 heterocycles. The first-order valence-corrected chi connectivity index (χ1v) is 4.91. The van der Waals surface area contributed by atoms with Crippen LogP contribution in [0.5, 0.6) is 0 Å². The predicted molar refractivity (Wildman–Crippen MR) is 46.1 cm³/mol. The molecule has 1 spiro atoms. The Hall–Kier alpha value is -0.120. The van der Waals surface area contributed by atoms with Gasteiger partial charge in [-0.25, -0.2) is 0 Å². The summed E-state index contributed by atoms with van der Waals surface area (Å²) in [5.41, 5.74) is 0.572. The van der Waals surface area contributed by atoms with E-state index in [-0.39, 0.29) is 0 Å². The fourth-order valence-corrected chi connectivity index (χ4v) is 2.90. The lowest BCUT2D eigenvalue weighted by molar-refractivity contribution is -0.144. The molecule has 3 saturated heterocycles. The number of piperidine rings is 1. The molecule has 0 aromatic carbocycles. The second-order valence-electron chi connectivity index (χ2n) is 4.62. The van der Waals surface area contributed by atoms with Crippen molar-refractivity contribution in [2.75, 3.05) is 26.3 Å². The zero-order valence-electron chi connectivity index (χ0n) is 7.31. The summed E-state index contributed by atoms with van der Waals surface area (Å²) in [4.78, 5) is 0. The van der Waals surface area contributed by atoms with E-state index in [1.54, 1.807) is 0 Å². The van der Waals surface area contributed by atoms with E-state index < -0.39 is 0 Å². The van der Waals surface area contributed by atoms with Crippen molar-refractivity contribution in [3.05, 3.63) is 0 Å². The maximum absolute atomic E-state index is 5.33. The van der Waals surface area contributed by atoms with Crippen LogP contribution < -0.4 is 10.6 Å². The van der Waals surface area contributed by atoms with Crippen LogP contribution in [0.3, 0.4) is 0 Å². The SMILES string of the molecule is C1NCC2CC3(COC3)CC1N2. The van der Waals surface area contributed by atoms with Gasteiger partial charge in [-0.1, -0.05) is 0 Å². The minimum atomic E-state index is 0.572. The van der Waals surface area contributed by atoms with Crippen LogP contribution in [0.2, 0.25) is 0 Å². The number of nitrogens with one attached hydrogen (secondary N) is 2. The third-order valence-corrected chi connectivity index (χ3v) is 3.43. The molecule has 3 rings (SSSR count). The first-order chi connectivity index (χ1) is 5.86. The molecule has 0 radical (unpaired) electrons. The number of rotatable bonds is 0. The molecule has 2 N–H and O–H groups in total. The molecule has 3 aliphatic rings. The summed E-state index contributed by atoms with van der Waals surface area (Å²) < 4.78 is 5.33. The van der Waals surface area contributed by atoms with Crippen LogP contribution in [0.15, 0.2) is 0 Å². The van der Waals surface area contributed by atoms with E-state index in [2.05, 4.69) is 10.6 Å². The molecule has 2 bridgehead atoms. The fourth-order valence-electron chi connectivity index (χ4n) is 2.90. The van der Waals surface area contributed by atoms with Crippen molar-refractivity contribution in [1.82, 2.24) is 10.6 Å². The summed E-state index contributed by atoms with van der Waals surface area (Å²) in [5, 5.41) is 7.13. The van der Waals surface area contributed by atoms with Crippen LogP contribution in [-0.2, 0) is 4.74 Å². The van der Waals surface area contributed by atoms with Gasteiger partial charge in [0, 0.05) is 30.6 Å². The van der Waals surface area contributed by atoms with Gasteiger partial charge in [0.05, 0.1) is 13.2 Å². The third-order valence-electron chi connectivity index (χ3n) is 3.43. The molecule has 0 aliphatic carbocycles. The van der Waals surface area contributed by atoms with Crippen molar-refractivity contribution in [3.8, 4) is 0 Å². The highest BCUT2D eigenvalue weighted by Gasteiger charge is 2.46. The van der Waals surface area contributed by atoms with Gasteiger partial charge in [-0.3, -0.25) is 0 Å². The Labute approximate surface area is 72.9 Å². The maximum atomic E-state index is 5.33. The van der Waals surface area contributed by atoms with Crippen molar-refractivity contribution < 1.29 is 4.74 Å². The van der Waals surface area contributed by atoms with Gasteiger partial charge in [0.2, 0.25) is 0 Å². The lowest BCUT2D eigenvalue weighted by Gasteiger charge is -2.52. The molecule has 3 nitrogen and oxygen atoms in total. The van der Waals surface area contributed by atoms with Crippen LogP contribution in [0.1, 0.15) is 12.8 Å². The van der Waals surface area contributed by atoms with Gasteiger partial charge in [-0.2, -0.15) is 0 Å². The van der Waals surface area contributed by atoms with E-state index >= 15 is 0 Å². The molecule has 3 aliphatic heterocycles. The zero-order chi connectivity index (χ0) is 8.02. The Kier molecular flexibility index (Phi) is 1.48. The number of hydrogen-bond acceptors (Lipinski definition) is 3. The van der Waals surface area contributed by atoms with Crippen LogP contribution in [0, 0.1) is 5.41 Å². The van der Waals surface area contributed by atoms with E-state index in [1.165, 1.54) is 12.8 Å². The average Bonchev–Trinajstić information content (AvgIpc) is 2.01. The third kappa shape index (κ3) is 1.00. The second-order valence-corrected chi connectivity index (χ2v) is 4.62. The number of ether oxygens (including phenoxy) is 1. The molecule has 12 heavy (non-hydrogen) atoms. The highest BCUT2D eigenvalue weighted by Crippen LogP contribution is 2.40. The van der Waals surface area contributed by atoms with E-state index in [1.807, 2.05) is 0 Å². The Morgan fingerprint density at radius 3 is 2.25 bits per heavy atom. The van der Waals surface area contributed by atoms with Gasteiger partial charge < -0.3 is 15.4 Å². The zero-order valence-corrected chi connectivity index (χ0v) is 7.31. The van der Waals surface area contributed by atoms with E-state index in [0.29, 0.717) is 17.5 Å². The molecular formula is C9H16N2O. The number of piperazine rings is 1. The van der Waals surface area contributed by atoms with Gasteiger partial charge in [0.15, 0.2) is 0 Å². The second kappa shape index (κ2) is 2.44. The largest absolute Gasteiger partial charge is 0.380 e. The van der Waals surface area contributed by atoms with Crippen molar-refractivity contribution in [1.29, 1.82) is 0 Å². The van der Waals surface area contributed by atoms with E-state index in [0.717, 1.165) is 26.3 Å². The van der Waals surface area contributed by atoms with Gasteiger partial charge in [0.25, 0.3) is 0 Å². The van der Waals surface area contributed by atoms with Crippen LogP contribution >= 0.6 is 0 Å². The topological polar surface area (TPSA) is 33.3 Å². The van der Waals surface area contributed by atoms with Gasteiger partial charge >= 0.3 is 0 Å². The Morgan fingerprint density at radius 2 is 1.75 bits per heavy atom. The monoisotopic (exact) mass is 168 g/mol. The maximum Gasteiger partial charge on any atom is 0.0545 e. The highest BCUT2D eigenvalue weighted by atomic mass is 16.5. The summed E-state index contributed by atoms with van der Waals surface area (Å²) in [5.74, 6) is 0. The Balaban J connectivity index is 1.76. The first kappa shape index (κ1) is 7.30. The standard InChI is InChI=1S/C9H16N2O/c1-7-3-10-4-8(11-7)2-9(1)5-12-6-9/h7-8,10-11H,1-6H2. The molecule has 0 aromatic rings.